The lowest BCUT2D eigenvalue weighted by Gasteiger charge is -2.21. The molecule has 1 rings (SSSR count). The first-order valence-corrected chi connectivity index (χ1v) is 6.66. The SMILES string of the molecule is CCC(NCCC(=O)N1CCCC1)C(C)C. The van der Waals surface area contributed by atoms with Crippen LogP contribution in [0.4, 0.5) is 0 Å². The van der Waals surface area contributed by atoms with E-state index in [9.17, 15) is 4.79 Å². The Morgan fingerprint density at radius 2 is 1.94 bits per heavy atom. The molecule has 3 heteroatoms. The lowest BCUT2D eigenvalue weighted by molar-refractivity contribution is -0.130. The maximum atomic E-state index is 11.8. The minimum atomic E-state index is 0.323. The molecule has 16 heavy (non-hydrogen) atoms. The molecular weight excluding hydrogens is 200 g/mol. The van der Waals surface area contributed by atoms with Crippen LogP contribution in [0, 0.1) is 5.92 Å². The summed E-state index contributed by atoms with van der Waals surface area (Å²) in [5.41, 5.74) is 0. The monoisotopic (exact) mass is 226 g/mol. The third kappa shape index (κ3) is 4.12. The fourth-order valence-corrected chi connectivity index (χ4v) is 2.34. The fourth-order valence-electron chi connectivity index (χ4n) is 2.34. The molecule has 1 unspecified atom stereocenters. The van der Waals surface area contributed by atoms with Crippen LogP contribution >= 0.6 is 0 Å². The molecule has 0 bridgehead atoms. The van der Waals surface area contributed by atoms with Gasteiger partial charge < -0.3 is 10.2 Å². The normalized spacial score (nSPS) is 18.1. The van der Waals surface area contributed by atoms with Crippen LogP contribution in [0.2, 0.25) is 0 Å². The number of carbonyl (C=O) groups is 1. The van der Waals surface area contributed by atoms with E-state index in [4.69, 9.17) is 0 Å². The number of carbonyl (C=O) groups excluding carboxylic acids is 1. The van der Waals surface area contributed by atoms with Crippen LogP contribution in [-0.2, 0) is 4.79 Å². The quantitative estimate of drug-likeness (QED) is 0.751. The van der Waals surface area contributed by atoms with E-state index in [-0.39, 0.29) is 0 Å². The van der Waals surface area contributed by atoms with Gasteiger partial charge in [0.2, 0.25) is 5.91 Å². The zero-order chi connectivity index (χ0) is 12.0. The van der Waals surface area contributed by atoms with Gasteiger partial charge in [-0.1, -0.05) is 20.8 Å². The number of hydrogen-bond donors (Lipinski definition) is 1. The molecule has 0 saturated carbocycles. The van der Waals surface area contributed by atoms with E-state index in [1.54, 1.807) is 0 Å². The molecule has 94 valence electrons. The van der Waals surface area contributed by atoms with Crippen molar-refractivity contribution in [3.05, 3.63) is 0 Å². The van der Waals surface area contributed by atoms with E-state index in [1.807, 2.05) is 4.90 Å². The largest absolute Gasteiger partial charge is 0.343 e. The van der Waals surface area contributed by atoms with Crippen LogP contribution in [0.5, 0.6) is 0 Å². The molecule has 1 fully saturated rings. The van der Waals surface area contributed by atoms with Gasteiger partial charge in [0.05, 0.1) is 0 Å². The predicted octanol–water partition coefficient (Wildman–Crippen LogP) is 2.02. The molecule has 0 aromatic heterocycles. The topological polar surface area (TPSA) is 32.3 Å². The van der Waals surface area contributed by atoms with E-state index in [0.29, 0.717) is 24.3 Å². The van der Waals surface area contributed by atoms with Crippen molar-refractivity contribution in [2.45, 2.75) is 52.5 Å². The molecule has 1 heterocycles. The first-order chi connectivity index (χ1) is 7.65. The third-order valence-corrected chi connectivity index (χ3v) is 3.45. The number of amides is 1. The van der Waals surface area contributed by atoms with E-state index in [0.717, 1.165) is 26.1 Å². The number of hydrogen-bond acceptors (Lipinski definition) is 2. The summed E-state index contributed by atoms with van der Waals surface area (Å²) >= 11 is 0. The molecule has 0 radical (unpaired) electrons. The standard InChI is InChI=1S/C13H26N2O/c1-4-12(11(2)3)14-8-7-13(16)15-9-5-6-10-15/h11-12,14H,4-10H2,1-3H3. The van der Waals surface area contributed by atoms with Crippen LogP contribution in [0.3, 0.4) is 0 Å². The van der Waals surface area contributed by atoms with Crippen molar-refractivity contribution in [3.8, 4) is 0 Å². The predicted molar refractivity (Wildman–Crippen MR) is 67.4 cm³/mol. The minimum Gasteiger partial charge on any atom is -0.343 e. The van der Waals surface area contributed by atoms with Gasteiger partial charge in [-0.3, -0.25) is 4.79 Å². The molecule has 1 amide bonds. The summed E-state index contributed by atoms with van der Waals surface area (Å²) < 4.78 is 0. The van der Waals surface area contributed by atoms with Crippen LogP contribution in [0.25, 0.3) is 0 Å². The fraction of sp³-hybridized carbons (Fsp3) is 0.923. The highest BCUT2D eigenvalue weighted by molar-refractivity contribution is 5.76. The van der Waals surface area contributed by atoms with Crippen molar-refractivity contribution in [1.29, 1.82) is 0 Å². The second-order valence-corrected chi connectivity index (χ2v) is 5.05. The van der Waals surface area contributed by atoms with Gasteiger partial charge in [-0.25, -0.2) is 0 Å². The Morgan fingerprint density at radius 1 is 1.31 bits per heavy atom. The number of nitrogens with zero attached hydrogens (tertiary/aromatic N) is 1. The van der Waals surface area contributed by atoms with Gasteiger partial charge in [0.1, 0.15) is 0 Å². The summed E-state index contributed by atoms with van der Waals surface area (Å²) in [6.07, 6.45) is 4.16. The van der Waals surface area contributed by atoms with Gasteiger partial charge in [-0.15, -0.1) is 0 Å². The van der Waals surface area contributed by atoms with Crippen LogP contribution < -0.4 is 5.32 Å². The first kappa shape index (κ1) is 13.5. The summed E-state index contributed by atoms with van der Waals surface area (Å²) in [5.74, 6) is 0.968. The van der Waals surface area contributed by atoms with E-state index in [2.05, 4.69) is 26.1 Å². The summed E-state index contributed by atoms with van der Waals surface area (Å²) in [4.78, 5) is 13.8. The third-order valence-electron chi connectivity index (χ3n) is 3.45. The van der Waals surface area contributed by atoms with Gasteiger partial charge in [-0.2, -0.15) is 0 Å². The molecule has 0 aromatic rings. The average Bonchev–Trinajstić information content (AvgIpc) is 2.76. The van der Waals surface area contributed by atoms with Crippen LogP contribution in [0.1, 0.15) is 46.5 Å². The molecule has 0 aliphatic carbocycles. The second kappa shape index (κ2) is 6.89. The highest BCUT2D eigenvalue weighted by Gasteiger charge is 2.17. The maximum Gasteiger partial charge on any atom is 0.223 e. The number of likely N-dealkylation sites (tertiary alicyclic amines) is 1. The number of rotatable bonds is 6. The molecule has 1 aliphatic heterocycles. The Balaban J connectivity index is 2.16. The van der Waals surface area contributed by atoms with E-state index in [1.165, 1.54) is 12.8 Å². The second-order valence-electron chi connectivity index (χ2n) is 5.05. The molecule has 1 N–H and O–H groups in total. The molecule has 0 spiro atoms. The Kier molecular flexibility index (Phi) is 5.81. The van der Waals surface area contributed by atoms with Crippen molar-refractivity contribution in [1.82, 2.24) is 10.2 Å². The lowest BCUT2D eigenvalue weighted by atomic mass is 10.0. The van der Waals surface area contributed by atoms with Gasteiger partial charge in [0.25, 0.3) is 0 Å². The summed E-state index contributed by atoms with van der Waals surface area (Å²) in [7, 11) is 0. The van der Waals surface area contributed by atoms with Gasteiger partial charge in [0.15, 0.2) is 0 Å². The van der Waals surface area contributed by atoms with Gasteiger partial charge in [-0.05, 0) is 25.2 Å². The molecule has 1 saturated heterocycles. The van der Waals surface area contributed by atoms with Crippen LogP contribution in [-0.4, -0.2) is 36.5 Å². The number of nitrogens with one attached hydrogen (secondary N) is 1. The van der Waals surface area contributed by atoms with E-state index < -0.39 is 0 Å². The van der Waals surface area contributed by atoms with Crippen molar-refractivity contribution >= 4 is 5.91 Å². The zero-order valence-electron chi connectivity index (χ0n) is 11.0. The first-order valence-electron chi connectivity index (χ1n) is 6.66. The smallest absolute Gasteiger partial charge is 0.223 e. The van der Waals surface area contributed by atoms with Gasteiger partial charge >= 0.3 is 0 Å². The maximum absolute atomic E-state index is 11.8. The summed E-state index contributed by atoms with van der Waals surface area (Å²) in [5, 5.41) is 3.48. The van der Waals surface area contributed by atoms with Crippen molar-refractivity contribution in [2.75, 3.05) is 19.6 Å². The minimum absolute atomic E-state index is 0.323. The molecule has 0 aromatic carbocycles. The Hall–Kier alpha value is -0.570. The summed E-state index contributed by atoms with van der Waals surface area (Å²) in [6.45, 7) is 9.42. The average molecular weight is 226 g/mol. The van der Waals surface area contributed by atoms with Crippen molar-refractivity contribution < 1.29 is 4.79 Å². The highest BCUT2D eigenvalue weighted by Crippen LogP contribution is 2.09. The molecule has 3 nitrogen and oxygen atoms in total. The Morgan fingerprint density at radius 3 is 2.44 bits per heavy atom. The van der Waals surface area contributed by atoms with Crippen LogP contribution in [0.15, 0.2) is 0 Å². The molecule has 1 aliphatic rings. The van der Waals surface area contributed by atoms with Crippen molar-refractivity contribution in [3.63, 3.8) is 0 Å². The zero-order valence-corrected chi connectivity index (χ0v) is 11.0. The summed E-state index contributed by atoms with van der Waals surface area (Å²) in [6, 6.07) is 0.548. The van der Waals surface area contributed by atoms with Gasteiger partial charge in [0, 0.05) is 32.1 Å². The Bertz CT molecular complexity index is 210. The lowest BCUT2D eigenvalue weighted by Crippen LogP contribution is -2.37. The van der Waals surface area contributed by atoms with Crippen molar-refractivity contribution in [2.24, 2.45) is 5.92 Å². The van der Waals surface area contributed by atoms with E-state index >= 15 is 0 Å². The Labute approximate surface area is 99.6 Å². The highest BCUT2D eigenvalue weighted by atomic mass is 16.2. The molecule has 1 atom stereocenters. The molecular formula is C13H26N2O.